The highest BCUT2D eigenvalue weighted by molar-refractivity contribution is 5.75. The van der Waals surface area contributed by atoms with Crippen molar-refractivity contribution >= 4 is 5.91 Å². The molecule has 1 unspecified atom stereocenters. The predicted octanol–water partition coefficient (Wildman–Crippen LogP) is 1.81. The van der Waals surface area contributed by atoms with Crippen molar-refractivity contribution in [2.75, 3.05) is 13.1 Å². The Morgan fingerprint density at radius 3 is 2.33 bits per heavy atom. The largest absolute Gasteiger partial charge is 0.388 e. The van der Waals surface area contributed by atoms with Crippen LogP contribution in [0.25, 0.3) is 0 Å². The summed E-state index contributed by atoms with van der Waals surface area (Å²) in [5.41, 5.74) is 4.78. The highest BCUT2D eigenvalue weighted by atomic mass is 16.3. The molecule has 0 aromatic rings. The minimum atomic E-state index is -0.753. The van der Waals surface area contributed by atoms with Crippen LogP contribution in [0, 0.1) is 5.92 Å². The summed E-state index contributed by atoms with van der Waals surface area (Å²) in [7, 11) is 0. The van der Waals surface area contributed by atoms with Gasteiger partial charge in [0.25, 0.3) is 0 Å². The van der Waals surface area contributed by atoms with Gasteiger partial charge in [0, 0.05) is 13.0 Å². The van der Waals surface area contributed by atoms with E-state index in [1.807, 2.05) is 13.8 Å². The smallest absolute Gasteiger partial charge is 0.220 e. The van der Waals surface area contributed by atoms with Crippen molar-refractivity contribution in [2.45, 2.75) is 64.9 Å². The lowest BCUT2D eigenvalue weighted by molar-refractivity contribution is -0.122. The Kier molecular flexibility index (Phi) is 9.02. The molecule has 0 saturated heterocycles. The summed E-state index contributed by atoms with van der Waals surface area (Å²) in [6.45, 7) is 7.04. The minimum absolute atomic E-state index is 0.0331. The van der Waals surface area contributed by atoms with Crippen LogP contribution in [0.3, 0.4) is 0 Å². The van der Waals surface area contributed by atoms with Gasteiger partial charge in [-0.15, -0.1) is 0 Å². The first-order chi connectivity index (χ1) is 8.51. The van der Waals surface area contributed by atoms with E-state index in [0.29, 0.717) is 38.3 Å². The quantitative estimate of drug-likeness (QED) is 0.559. The van der Waals surface area contributed by atoms with Crippen molar-refractivity contribution in [3.63, 3.8) is 0 Å². The van der Waals surface area contributed by atoms with E-state index in [9.17, 15) is 9.90 Å². The molecule has 0 saturated carbocycles. The van der Waals surface area contributed by atoms with E-state index < -0.39 is 5.60 Å². The van der Waals surface area contributed by atoms with E-state index in [1.54, 1.807) is 0 Å². The fourth-order valence-corrected chi connectivity index (χ4v) is 1.98. The SMILES string of the molecule is CCC(CCN)CCC(=O)NCC(O)(CC)CC. The van der Waals surface area contributed by atoms with Gasteiger partial charge in [0.05, 0.1) is 5.60 Å². The molecule has 0 spiro atoms. The van der Waals surface area contributed by atoms with Crippen LogP contribution in [0.2, 0.25) is 0 Å². The fraction of sp³-hybridized carbons (Fsp3) is 0.929. The number of nitrogens with two attached hydrogens (primary N) is 1. The number of carbonyl (C=O) groups excluding carboxylic acids is 1. The third kappa shape index (κ3) is 6.97. The average Bonchev–Trinajstić information content (AvgIpc) is 2.40. The van der Waals surface area contributed by atoms with E-state index in [2.05, 4.69) is 12.2 Å². The van der Waals surface area contributed by atoms with Crippen molar-refractivity contribution in [1.82, 2.24) is 5.32 Å². The summed E-state index contributed by atoms with van der Waals surface area (Å²) >= 11 is 0. The Labute approximate surface area is 111 Å². The van der Waals surface area contributed by atoms with Crippen LogP contribution in [0.5, 0.6) is 0 Å². The second-order valence-electron chi connectivity index (χ2n) is 5.10. The van der Waals surface area contributed by atoms with Gasteiger partial charge in [-0.3, -0.25) is 4.79 Å². The maximum atomic E-state index is 11.7. The van der Waals surface area contributed by atoms with E-state index in [1.165, 1.54) is 0 Å². The van der Waals surface area contributed by atoms with Gasteiger partial charge in [-0.1, -0.05) is 27.2 Å². The molecule has 0 aliphatic rings. The molecule has 0 rings (SSSR count). The standard InChI is InChI=1S/C14H30N2O2/c1-4-12(9-10-15)7-8-13(17)16-11-14(18,5-2)6-3/h12,18H,4-11,15H2,1-3H3,(H,16,17). The Morgan fingerprint density at radius 1 is 1.28 bits per heavy atom. The van der Waals surface area contributed by atoms with Crippen molar-refractivity contribution in [3.8, 4) is 0 Å². The number of amides is 1. The number of hydrogen-bond acceptors (Lipinski definition) is 3. The summed E-state index contributed by atoms with van der Waals surface area (Å²) in [4.78, 5) is 11.7. The Bertz CT molecular complexity index is 228. The minimum Gasteiger partial charge on any atom is -0.388 e. The molecule has 1 atom stereocenters. The van der Waals surface area contributed by atoms with Gasteiger partial charge in [-0.05, 0) is 38.1 Å². The molecule has 0 aliphatic carbocycles. The molecule has 0 aromatic heterocycles. The van der Waals surface area contributed by atoms with Crippen LogP contribution in [-0.4, -0.2) is 29.7 Å². The molecule has 0 bridgehead atoms. The van der Waals surface area contributed by atoms with Crippen LogP contribution in [0.4, 0.5) is 0 Å². The Hall–Kier alpha value is -0.610. The molecule has 0 radical (unpaired) electrons. The molecule has 0 aliphatic heterocycles. The van der Waals surface area contributed by atoms with Gasteiger partial charge < -0.3 is 16.2 Å². The van der Waals surface area contributed by atoms with E-state index in [-0.39, 0.29) is 5.91 Å². The molecule has 0 heterocycles. The van der Waals surface area contributed by atoms with E-state index >= 15 is 0 Å². The number of aliphatic hydroxyl groups is 1. The zero-order valence-electron chi connectivity index (χ0n) is 12.2. The van der Waals surface area contributed by atoms with Crippen molar-refractivity contribution in [3.05, 3.63) is 0 Å². The van der Waals surface area contributed by atoms with Crippen LogP contribution in [0.15, 0.2) is 0 Å². The topological polar surface area (TPSA) is 75.4 Å². The van der Waals surface area contributed by atoms with Gasteiger partial charge in [-0.2, -0.15) is 0 Å². The molecule has 0 aromatic carbocycles. The Balaban J connectivity index is 3.90. The van der Waals surface area contributed by atoms with Gasteiger partial charge >= 0.3 is 0 Å². The highest BCUT2D eigenvalue weighted by Gasteiger charge is 2.22. The van der Waals surface area contributed by atoms with E-state index in [0.717, 1.165) is 19.3 Å². The van der Waals surface area contributed by atoms with Crippen molar-refractivity contribution < 1.29 is 9.90 Å². The second kappa shape index (κ2) is 9.34. The van der Waals surface area contributed by atoms with Gasteiger partial charge in [0.1, 0.15) is 0 Å². The normalized spacial score (nSPS) is 13.4. The summed E-state index contributed by atoms with van der Waals surface area (Å²) in [6, 6.07) is 0. The first kappa shape index (κ1) is 17.4. The number of hydrogen-bond donors (Lipinski definition) is 3. The maximum absolute atomic E-state index is 11.7. The summed E-state index contributed by atoms with van der Waals surface area (Å²) in [5.74, 6) is 0.572. The van der Waals surface area contributed by atoms with Gasteiger partial charge in [-0.25, -0.2) is 0 Å². The van der Waals surface area contributed by atoms with Gasteiger partial charge in [0.15, 0.2) is 0 Å². The molecule has 1 amide bonds. The average molecular weight is 258 g/mol. The first-order valence-corrected chi connectivity index (χ1v) is 7.20. The number of carbonyl (C=O) groups is 1. The second-order valence-corrected chi connectivity index (χ2v) is 5.10. The van der Waals surface area contributed by atoms with Crippen LogP contribution in [-0.2, 0) is 4.79 Å². The summed E-state index contributed by atoms with van der Waals surface area (Å²) in [5, 5.41) is 12.9. The first-order valence-electron chi connectivity index (χ1n) is 7.20. The molecule has 0 fully saturated rings. The zero-order chi connectivity index (χ0) is 14.0. The molecule has 4 N–H and O–H groups in total. The lowest BCUT2D eigenvalue weighted by Gasteiger charge is -2.25. The van der Waals surface area contributed by atoms with Gasteiger partial charge in [0.2, 0.25) is 5.91 Å². The third-order valence-corrected chi connectivity index (χ3v) is 3.86. The monoisotopic (exact) mass is 258 g/mol. The lowest BCUT2D eigenvalue weighted by Crippen LogP contribution is -2.42. The molecule has 4 heteroatoms. The fourth-order valence-electron chi connectivity index (χ4n) is 1.98. The van der Waals surface area contributed by atoms with Crippen LogP contribution >= 0.6 is 0 Å². The zero-order valence-corrected chi connectivity index (χ0v) is 12.2. The third-order valence-electron chi connectivity index (χ3n) is 3.86. The molecular formula is C14H30N2O2. The lowest BCUT2D eigenvalue weighted by atomic mass is 9.95. The highest BCUT2D eigenvalue weighted by Crippen LogP contribution is 2.15. The summed E-state index contributed by atoms with van der Waals surface area (Å²) in [6.07, 6.45) is 4.79. The summed E-state index contributed by atoms with van der Waals surface area (Å²) < 4.78 is 0. The molecule has 108 valence electrons. The predicted molar refractivity (Wildman–Crippen MR) is 75.2 cm³/mol. The number of rotatable bonds is 10. The van der Waals surface area contributed by atoms with Crippen LogP contribution < -0.4 is 11.1 Å². The van der Waals surface area contributed by atoms with Crippen molar-refractivity contribution in [1.29, 1.82) is 0 Å². The number of nitrogens with one attached hydrogen (secondary N) is 1. The molecule has 4 nitrogen and oxygen atoms in total. The van der Waals surface area contributed by atoms with Crippen molar-refractivity contribution in [2.24, 2.45) is 11.7 Å². The molecule has 18 heavy (non-hydrogen) atoms. The maximum Gasteiger partial charge on any atom is 0.220 e. The van der Waals surface area contributed by atoms with E-state index in [4.69, 9.17) is 5.73 Å². The molecular weight excluding hydrogens is 228 g/mol. The van der Waals surface area contributed by atoms with Crippen LogP contribution in [0.1, 0.15) is 59.3 Å². The Morgan fingerprint density at radius 2 is 1.89 bits per heavy atom.